The normalized spacial score (nSPS) is 17.9. The summed E-state index contributed by atoms with van der Waals surface area (Å²) in [4.78, 5) is 37.9. The van der Waals surface area contributed by atoms with Crippen LogP contribution in [0.2, 0.25) is 0 Å². The number of nitrogens with zero attached hydrogens (tertiary/aromatic N) is 4. The number of fused-ring (bicyclic) bond motifs is 4. The van der Waals surface area contributed by atoms with Crippen LogP contribution in [0.3, 0.4) is 0 Å². The second-order valence-electron chi connectivity index (χ2n) is 17.9. The van der Waals surface area contributed by atoms with Crippen molar-refractivity contribution >= 4 is 69.6 Å². The molecule has 8 rings (SSSR count). The molecule has 4 aliphatic rings. The third-order valence-corrected chi connectivity index (χ3v) is 13.6. The topological polar surface area (TPSA) is 195 Å². The Hall–Kier alpha value is -6.96. The van der Waals surface area contributed by atoms with Crippen molar-refractivity contribution in [1.82, 2.24) is 19.8 Å². The number of hydrogen-bond acceptors (Lipinski definition) is 10. The van der Waals surface area contributed by atoms with E-state index in [9.17, 15) is 24.8 Å². The van der Waals surface area contributed by atoms with E-state index in [4.69, 9.17) is 23.7 Å². The van der Waals surface area contributed by atoms with Crippen molar-refractivity contribution in [3.05, 3.63) is 130 Å². The zero-order valence-corrected chi connectivity index (χ0v) is 42.2. The van der Waals surface area contributed by atoms with Crippen molar-refractivity contribution in [3.63, 3.8) is 0 Å². The molecular formula is C52H58IN7O10. The number of hydrogen-bond donors (Lipinski definition) is 3. The van der Waals surface area contributed by atoms with Crippen molar-refractivity contribution in [3.8, 4) is 28.7 Å². The summed E-state index contributed by atoms with van der Waals surface area (Å²) < 4.78 is 35.5. The molecule has 0 saturated carbocycles. The predicted molar refractivity (Wildman–Crippen MR) is 275 cm³/mol. The highest BCUT2D eigenvalue weighted by atomic mass is 127. The molecule has 2 aromatic carbocycles. The van der Waals surface area contributed by atoms with Crippen LogP contribution in [-0.4, -0.2) is 99.8 Å². The zero-order valence-electron chi connectivity index (χ0n) is 40.0. The number of benzene rings is 2. The molecule has 4 aromatic rings. The largest absolute Gasteiger partial charge is 0.618 e. The lowest BCUT2D eigenvalue weighted by atomic mass is 9.87. The zero-order chi connectivity index (χ0) is 49.6. The maximum Gasteiger partial charge on any atom is 0.246 e. The molecule has 0 bridgehead atoms. The Morgan fingerprint density at radius 1 is 0.700 bits per heavy atom. The summed E-state index contributed by atoms with van der Waals surface area (Å²) in [5.41, 5.74) is 7.31. The van der Waals surface area contributed by atoms with Gasteiger partial charge in [-0.05, 0) is 72.2 Å². The van der Waals surface area contributed by atoms with Crippen molar-refractivity contribution in [1.29, 1.82) is 0 Å². The first kappa shape index (κ1) is 49.5. The Morgan fingerprint density at radius 2 is 1.20 bits per heavy atom. The number of methoxy groups -OCH3 is 3. The Morgan fingerprint density at radius 3 is 1.66 bits per heavy atom. The molecule has 70 heavy (non-hydrogen) atoms. The Kier molecular flexibility index (Phi) is 15.4. The third kappa shape index (κ3) is 10.8. The van der Waals surface area contributed by atoms with Gasteiger partial charge in [0.25, 0.3) is 0 Å². The lowest BCUT2D eigenvalue weighted by molar-refractivity contribution is -0.404. The van der Waals surface area contributed by atoms with Crippen LogP contribution < -0.4 is 39.6 Å². The number of anilines is 1. The maximum atomic E-state index is 13.6. The van der Waals surface area contributed by atoms with Crippen molar-refractivity contribution < 1.29 is 47.5 Å². The highest BCUT2D eigenvalue weighted by Gasteiger charge is 2.35. The minimum Gasteiger partial charge on any atom is -0.618 e. The second-order valence-corrected chi connectivity index (χ2v) is 18.7. The number of amides is 3. The molecule has 3 N–H and O–H groups in total. The first-order chi connectivity index (χ1) is 33.8. The summed E-state index contributed by atoms with van der Waals surface area (Å²) in [5, 5.41) is 35.3. The van der Waals surface area contributed by atoms with Crippen LogP contribution in [0.25, 0.3) is 11.1 Å². The van der Waals surface area contributed by atoms with Crippen LogP contribution in [0.1, 0.15) is 62.5 Å². The number of nitrogens with one attached hydrogen (secondary N) is 3. The highest BCUT2D eigenvalue weighted by Crippen LogP contribution is 2.41. The molecule has 2 aliphatic heterocycles. The van der Waals surface area contributed by atoms with Gasteiger partial charge >= 0.3 is 0 Å². The van der Waals surface area contributed by atoms with Gasteiger partial charge in [0.2, 0.25) is 30.2 Å². The molecule has 0 spiro atoms. The van der Waals surface area contributed by atoms with Crippen molar-refractivity contribution in [2.75, 3.05) is 44.3 Å². The molecule has 3 amide bonds. The number of carbonyl (C=O) groups is 3. The van der Waals surface area contributed by atoms with Crippen LogP contribution in [0, 0.1) is 28.2 Å². The number of aromatic nitrogens is 2. The average Bonchev–Trinajstić information content (AvgIpc) is 3.76. The Bertz CT molecular complexity index is 2820. The summed E-state index contributed by atoms with van der Waals surface area (Å²) in [6.45, 7) is 6.94. The summed E-state index contributed by atoms with van der Waals surface area (Å²) in [6, 6.07) is 13.8. The van der Waals surface area contributed by atoms with Gasteiger partial charge in [-0.3, -0.25) is 14.4 Å². The summed E-state index contributed by atoms with van der Waals surface area (Å²) >= 11 is 1.93. The van der Waals surface area contributed by atoms with Crippen molar-refractivity contribution in [2.24, 2.45) is 17.8 Å². The minimum absolute atomic E-state index is 0.0554. The van der Waals surface area contributed by atoms with E-state index in [1.165, 1.54) is 6.21 Å². The molecule has 4 heterocycles. The molecule has 2 aromatic heterocycles. The molecule has 0 radical (unpaired) electrons. The van der Waals surface area contributed by atoms with Crippen LogP contribution >= 0.6 is 22.6 Å². The highest BCUT2D eigenvalue weighted by molar-refractivity contribution is 14.1. The fourth-order valence-corrected chi connectivity index (χ4v) is 9.44. The van der Waals surface area contributed by atoms with Gasteiger partial charge in [-0.1, -0.05) is 72.9 Å². The number of alkyl halides is 1. The maximum absolute atomic E-state index is 13.6. The number of halogens is 1. The average molecular weight is 1070 g/mol. The van der Waals surface area contributed by atoms with Gasteiger partial charge in [0, 0.05) is 37.3 Å². The predicted octanol–water partition coefficient (Wildman–Crippen LogP) is 7.04. The van der Waals surface area contributed by atoms with E-state index in [1.807, 2.05) is 119 Å². The fraction of sp³-hybridized carbons (Fsp3) is 0.365. The monoisotopic (exact) mass is 1070 g/mol. The van der Waals surface area contributed by atoms with Gasteiger partial charge in [-0.2, -0.15) is 9.48 Å². The Balaban J connectivity index is 0.854. The van der Waals surface area contributed by atoms with Crippen LogP contribution in [-0.2, 0) is 27.5 Å². The number of hydroxylamine groups is 2. The second kappa shape index (κ2) is 21.8. The first-order valence-electron chi connectivity index (χ1n) is 23.2. The van der Waals surface area contributed by atoms with Crippen LogP contribution in [0.5, 0.6) is 28.7 Å². The lowest BCUT2D eigenvalue weighted by Crippen LogP contribution is -2.53. The molecule has 0 fully saturated rings. The van der Waals surface area contributed by atoms with Gasteiger partial charge in [0.05, 0.1) is 63.2 Å². The SMILES string of the molecule is COc1ccc(C2=CC=C3C(C2)Cn2cc(OCCCOc4cn5c(c4OC)C=[N+]([O-])C4=CC=C(c6ccc(NC(=O)C(C)NC(=O)C(NC(=O)CI)C(C)C)cc6)CC4C5)c(OC)c2C=[N+]3[O-])cc1. The summed E-state index contributed by atoms with van der Waals surface area (Å²) in [6.07, 6.45) is 16.4. The minimum atomic E-state index is -0.846. The molecule has 368 valence electrons. The number of carbonyl (C=O) groups excluding carboxylic acids is 3. The molecule has 17 nitrogen and oxygen atoms in total. The molecule has 18 heteroatoms. The number of allylic oxidation sites excluding steroid dienone is 8. The number of ether oxygens (including phenoxy) is 5. The lowest BCUT2D eigenvalue weighted by Gasteiger charge is -2.23. The van der Waals surface area contributed by atoms with Gasteiger partial charge in [-0.25, -0.2) is 0 Å². The van der Waals surface area contributed by atoms with Gasteiger partial charge in [-0.15, -0.1) is 0 Å². The van der Waals surface area contributed by atoms with E-state index in [2.05, 4.69) is 16.0 Å². The van der Waals surface area contributed by atoms with E-state index in [-0.39, 0.29) is 28.1 Å². The smallest absolute Gasteiger partial charge is 0.246 e. The summed E-state index contributed by atoms with van der Waals surface area (Å²) in [5.74, 6) is 1.33. The molecule has 4 atom stereocenters. The third-order valence-electron chi connectivity index (χ3n) is 12.9. The van der Waals surface area contributed by atoms with E-state index >= 15 is 0 Å². The van der Waals surface area contributed by atoms with E-state index < -0.39 is 23.9 Å². The first-order valence-corrected chi connectivity index (χ1v) is 24.8. The Labute approximate surface area is 420 Å². The fourth-order valence-electron chi connectivity index (χ4n) is 9.22. The standard InChI is InChI=1S/C52H58IN7O10/c1-31(2)48(56-47(61)24-53)52(63)54-32(3)51(62)55-39-14-8-33(9-15-39)35-12-18-41-37(22-35)25-57-29-45(49(67-5)43(57)27-59(41)64)69-20-7-21-70-46-30-58-26-38-23-36(34-10-16-40(66-4)17-11-34)13-19-42(38)60(65)28-44(58)50(46)68-6/h8-19,27-32,37-38,48H,7,20-26H2,1-6H3,(H,54,63)(H,55,62)(H,56,61). The molecular weight excluding hydrogens is 1010 g/mol. The van der Waals surface area contributed by atoms with Crippen LogP contribution in [0.4, 0.5) is 5.69 Å². The van der Waals surface area contributed by atoms with Gasteiger partial charge in [0.1, 0.15) is 17.8 Å². The molecule has 4 unspecified atom stereocenters. The van der Waals surface area contributed by atoms with Crippen LogP contribution in [0.15, 0.2) is 96.6 Å². The van der Waals surface area contributed by atoms with Crippen molar-refractivity contribution in [2.45, 2.75) is 65.2 Å². The molecule has 0 saturated heterocycles. The van der Waals surface area contributed by atoms with Gasteiger partial charge in [0.15, 0.2) is 45.8 Å². The van der Waals surface area contributed by atoms with E-state index in [1.54, 1.807) is 46.6 Å². The van der Waals surface area contributed by atoms with E-state index in [0.29, 0.717) is 97.0 Å². The molecule has 2 aliphatic carbocycles. The quantitative estimate of drug-likeness (QED) is 0.0306. The number of rotatable bonds is 18. The van der Waals surface area contributed by atoms with Gasteiger partial charge < -0.3 is 59.2 Å². The van der Waals surface area contributed by atoms with E-state index in [0.717, 1.165) is 37.5 Å². The summed E-state index contributed by atoms with van der Waals surface area (Å²) in [7, 11) is 4.77.